The molecule has 7 heteroatoms. The molecule has 1 unspecified atom stereocenters. The van der Waals surface area contributed by atoms with E-state index < -0.39 is 5.60 Å². The summed E-state index contributed by atoms with van der Waals surface area (Å²) < 4.78 is 5.10. The van der Waals surface area contributed by atoms with Crippen LogP contribution in [0.5, 0.6) is 0 Å². The summed E-state index contributed by atoms with van der Waals surface area (Å²) in [4.78, 5) is 22.6. The SMILES string of the molecule is Cc1noc(CC2(O)CCCN(C(=O)CCc3ccccn3)C2)n1. The van der Waals surface area contributed by atoms with Crippen LogP contribution in [0.15, 0.2) is 28.9 Å². The molecular weight excluding hydrogens is 308 g/mol. The van der Waals surface area contributed by atoms with E-state index in [4.69, 9.17) is 4.52 Å². The highest BCUT2D eigenvalue weighted by Crippen LogP contribution is 2.25. The lowest BCUT2D eigenvalue weighted by Crippen LogP contribution is -2.51. The molecule has 0 bridgehead atoms. The predicted octanol–water partition coefficient (Wildman–Crippen LogP) is 1.30. The minimum atomic E-state index is -1.00. The van der Waals surface area contributed by atoms with Crippen molar-refractivity contribution in [2.45, 2.75) is 44.6 Å². The molecule has 7 nitrogen and oxygen atoms in total. The fourth-order valence-corrected chi connectivity index (χ4v) is 3.10. The van der Waals surface area contributed by atoms with Gasteiger partial charge in [0, 0.05) is 31.4 Å². The zero-order valence-electron chi connectivity index (χ0n) is 13.8. The second-order valence-electron chi connectivity index (χ2n) is 6.38. The van der Waals surface area contributed by atoms with Crippen molar-refractivity contribution in [2.75, 3.05) is 13.1 Å². The Morgan fingerprint density at radius 2 is 2.33 bits per heavy atom. The van der Waals surface area contributed by atoms with Gasteiger partial charge in [0.2, 0.25) is 11.8 Å². The van der Waals surface area contributed by atoms with Gasteiger partial charge in [0.25, 0.3) is 0 Å². The summed E-state index contributed by atoms with van der Waals surface area (Å²) in [6.45, 7) is 2.72. The van der Waals surface area contributed by atoms with E-state index in [1.165, 1.54) is 0 Å². The summed E-state index contributed by atoms with van der Waals surface area (Å²) in [5.41, 5.74) is -0.0998. The number of nitrogens with zero attached hydrogens (tertiary/aromatic N) is 4. The predicted molar refractivity (Wildman–Crippen MR) is 86.1 cm³/mol. The van der Waals surface area contributed by atoms with E-state index in [1.54, 1.807) is 18.0 Å². The third-order valence-corrected chi connectivity index (χ3v) is 4.28. The number of aryl methyl sites for hydroxylation is 2. The van der Waals surface area contributed by atoms with Crippen LogP contribution in [0, 0.1) is 6.92 Å². The van der Waals surface area contributed by atoms with Gasteiger partial charge in [-0.2, -0.15) is 4.98 Å². The molecule has 0 saturated carbocycles. The number of carbonyl (C=O) groups excluding carboxylic acids is 1. The monoisotopic (exact) mass is 330 g/mol. The molecular formula is C17H22N4O3. The fraction of sp³-hybridized carbons (Fsp3) is 0.529. The van der Waals surface area contributed by atoms with Crippen molar-refractivity contribution in [3.05, 3.63) is 41.8 Å². The molecule has 1 N–H and O–H groups in total. The van der Waals surface area contributed by atoms with Gasteiger partial charge in [-0.05, 0) is 38.3 Å². The minimum absolute atomic E-state index is 0.0421. The Morgan fingerprint density at radius 3 is 3.04 bits per heavy atom. The van der Waals surface area contributed by atoms with Crippen LogP contribution in [0.4, 0.5) is 0 Å². The molecule has 1 aliphatic rings. The van der Waals surface area contributed by atoms with E-state index in [2.05, 4.69) is 15.1 Å². The maximum Gasteiger partial charge on any atom is 0.229 e. The lowest BCUT2D eigenvalue weighted by atomic mass is 9.89. The first-order valence-electron chi connectivity index (χ1n) is 8.23. The molecule has 3 heterocycles. The van der Waals surface area contributed by atoms with Crippen LogP contribution in [0.3, 0.4) is 0 Å². The molecule has 0 radical (unpaired) electrons. The number of likely N-dealkylation sites (tertiary alicyclic amines) is 1. The average Bonchev–Trinajstić information content (AvgIpc) is 2.97. The van der Waals surface area contributed by atoms with Crippen LogP contribution in [0.1, 0.15) is 36.7 Å². The van der Waals surface area contributed by atoms with E-state index in [1.807, 2.05) is 18.2 Å². The van der Waals surface area contributed by atoms with Crippen molar-refractivity contribution >= 4 is 5.91 Å². The van der Waals surface area contributed by atoms with E-state index >= 15 is 0 Å². The highest BCUT2D eigenvalue weighted by molar-refractivity contribution is 5.76. The van der Waals surface area contributed by atoms with Crippen LogP contribution in [-0.4, -0.2) is 49.7 Å². The first kappa shape index (κ1) is 16.6. The highest BCUT2D eigenvalue weighted by Gasteiger charge is 2.36. The van der Waals surface area contributed by atoms with Gasteiger partial charge >= 0.3 is 0 Å². The van der Waals surface area contributed by atoms with Crippen molar-refractivity contribution in [3.8, 4) is 0 Å². The number of pyridine rings is 1. The standard InChI is InChI=1S/C17H22N4O3/c1-13-19-15(24-20-13)11-17(23)8-4-10-21(12-17)16(22)7-6-14-5-2-3-9-18-14/h2-3,5,9,23H,4,6-8,10-12H2,1H3. The van der Waals surface area contributed by atoms with E-state index in [9.17, 15) is 9.90 Å². The van der Waals surface area contributed by atoms with Gasteiger partial charge in [-0.25, -0.2) is 0 Å². The molecule has 0 aromatic carbocycles. The maximum absolute atomic E-state index is 12.5. The van der Waals surface area contributed by atoms with E-state index in [-0.39, 0.29) is 12.3 Å². The van der Waals surface area contributed by atoms with Crippen LogP contribution >= 0.6 is 0 Å². The van der Waals surface area contributed by atoms with Crippen molar-refractivity contribution < 1.29 is 14.4 Å². The van der Waals surface area contributed by atoms with Crippen LogP contribution in [0.2, 0.25) is 0 Å². The number of carbonyl (C=O) groups is 1. The van der Waals surface area contributed by atoms with Crippen LogP contribution in [-0.2, 0) is 17.6 Å². The smallest absolute Gasteiger partial charge is 0.229 e. The van der Waals surface area contributed by atoms with Crippen molar-refractivity contribution in [3.63, 3.8) is 0 Å². The van der Waals surface area contributed by atoms with Crippen molar-refractivity contribution in [1.29, 1.82) is 0 Å². The topological polar surface area (TPSA) is 92.4 Å². The summed E-state index contributed by atoms with van der Waals surface area (Å²) in [6.07, 6.45) is 4.39. The van der Waals surface area contributed by atoms with Gasteiger partial charge in [0.1, 0.15) is 0 Å². The Labute approximate surface area is 140 Å². The van der Waals surface area contributed by atoms with Gasteiger partial charge in [-0.3, -0.25) is 9.78 Å². The number of rotatable bonds is 5. The summed E-state index contributed by atoms with van der Waals surface area (Å²) >= 11 is 0. The van der Waals surface area contributed by atoms with E-state index in [0.717, 1.165) is 12.1 Å². The quantitative estimate of drug-likeness (QED) is 0.888. The van der Waals surface area contributed by atoms with Gasteiger partial charge in [0.05, 0.1) is 12.0 Å². The lowest BCUT2D eigenvalue weighted by molar-refractivity contribution is -0.138. The second kappa shape index (κ2) is 7.09. The zero-order chi connectivity index (χ0) is 17.0. The van der Waals surface area contributed by atoms with Crippen LogP contribution < -0.4 is 0 Å². The largest absolute Gasteiger partial charge is 0.388 e. The molecule has 1 aliphatic heterocycles. The van der Waals surface area contributed by atoms with Crippen molar-refractivity contribution in [1.82, 2.24) is 20.0 Å². The lowest BCUT2D eigenvalue weighted by Gasteiger charge is -2.38. The third-order valence-electron chi connectivity index (χ3n) is 4.28. The molecule has 1 amide bonds. The van der Waals surface area contributed by atoms with Crippen molar-refractivity contribution in [2.24, 2.45) is 0 Å². The molecule has 128 valence electrons. The third kappa shape index (κ3) is 4.17. The molecule has 1 saturated heterocycles. The average molecular weight is 330 g/mol. The summed E-state index contributed by atoms with van der Waals surface area (Å²) in [6, 6.07) is 5.69. The normalized spacial score (nSPS) is 21.0. The van der Waals surface area contributed by atoms with Gasteiger partial charge in [0.15, 0.2) is 5.82 Å². The summed E-state index contributed by atoms with van der Waals surface area (Å²) in [5.74, 6) is 1.01. The second-order valence-corrected chi connectivity index (χ2v) is 6.38. The summed E-state index contributed by atoms with van der Waals surface area (Å²) in [5, 5.41) is 14.6. The molecule has 0 aliphatic carbocycles. The Kier molecular flexibility index (Phi) is 4.89. The Balaban J connectivity index is 1.57. The molecule has 0 spiro atoms. The molecule has 2 aromatic rings. The Morgan fingerprint density at radius 1 is 1.46 bits per heavy atom. The zero-order valence-corrected chi connectivity index (χ0v) is 13.8. The number of hydrogen-bond donors (Lipinski definition) is 1. The molecule has 2 aromatic heterocycles. The maximum atomic E-state index is 12.5. The number of amides is 1. The first-order chi connectivity index (χ1) is 11.5. The minimum Gasteiger partial charge on any atom is -0.388 e. The van der Waals surface area contributed by atoms with Gasteiger partial charge < -0.3 is 14.5 Å². The van der Waals surface area contributed by atoms with Gasteiger partial charge in [-0.1, -0.05) is 11.2 Å². The first-order valence-corrected chi connectivity index (χ1v) is 8.23. The Bertz CT molecular complexity index is 688. The van der Waals surface area contributed by atoms with E-state index in [0.29, 0.717) is 44.1 Å². The number of hydrogen-bond acceptors (Lipinski definition) is 6. The number of piperidine rings is 1. The molecule has 1 fully saturated rings. The summed E-state index contributed by atoms with van der Waals surface area (Å²) in [7, 11) is 0. The Hall–Kier alpha value is -2.28. The van der Waals surface area contributed by atoms with Gasteiger partial charge in [-0.15, -0.1) is 0 Å². The van der Waals surface area contributed by atoms with Crippen LogP contribution in [0.25, 0.3) is 0 Å². The number of aromatic nitrogens is 3. The number of β-amino-alcohol motifs (C(OH)–C–C–N with tert-alkyl or cyclic N) is 1. The fourth-order valence-electron chi connectivity index (χ4n) is 3.10. The molecule has 3 rings (SSSR count). The highest BCUT2D eigenvalue weighted by atomic mass is 16.5. The molecule has 24 heavy (non-hydrogen) atoms. The molecule has 1 atom stereocenters. The number of aliphatic hydroxyl groups is 1.